The van der Waals surface area contributed by atoms with Crippen LogP contribution in [-0.2, 0) is 4.79 Å². The molecule has 0 fully saturated rings. The fourth-order valence-corrected chi connectivity index (χ4v) is 0.892. The van der Waals surface area contributed by atoms with Crippen molar-refractivity contribution >= 4 is 5.91 Å². The Kier molecular flexibility index (Phi) is 5.25. The maximum absolute atomic E-state index is 11.8. The smallest absolute Gasteiger partial charge is 0.346 e. The summed E-state index contributed by atoms with van der Waals surface area (Å²) in [6, 6.07) is -0.624. The maximum Gasteiger partial charge on any atom is 0.405 e. The summed E-state index contributed by atoms with van der Waals surface area (Å²) >= 11 is 0. The Morgan fingerprint density at radius 3 is 2.06 bits per heavy atom. The van der Waals surface area contributed by atoms with Crippen LogP contribution >= 0.6 is 0 Å². The summed E-state index contributed by atoms with van der Waals surface area (Å²) < 4.78 is 35.5. The molecule has 0 aromatic rings. The van der Waals surface area contributed by atoms with Crippen LogP contribution < -0.4 is 10.6 Å². The minimum Gasteiger partial charge on any atom is -0.346 e. The van der Waals surface area contributed by atoms with E-state index in [0.717, 1.165) is 0 Å². The van der Waals surface area contributed by atoms with E-state index in [1.165, 1.54) is 6.92 Å². The third-order valence-corrected chi connectivity index (χ3v) is 1.79. The van der Waals surface area contributed by atoms with E-state index in [1.807, 2.05) is 26.1 Å². The first kappa shape index (κ1) is 15.2. The van der Waals surface area contributed by atoms with Crippen LogP contribution in [0.4, 0.5) is 13.2 Å². The predicted octanol–water partition coefficient (Wildman–Crippen LogP) is 1.69. The molecule has 1 atom stereocenters. The lowest BCUT2D eigenvalue weighted by Crippen LogP contribution is -2.47. The number of amides is 1. The number of hydrogen-bond acceptors (Lipinski definition) is 2. The molecule has 6 heteroatoms. The Morgan fingerprint density at radius 2 is 1.69 bits per heavy atom. The number of alkyl halides is 3. The number of rotatable bonds is 4. The van der Waals surface area contributed by atoms with Crippen molar-refractivity contribution in [2.45, 2.75) is 39.9 Å². The van der Waals surface area contributed by atoms with Crippen LogP contribution in [0.15, 0.2) is 0 Å². The second kappa shape index (κ2) is 5.52. The van der Waals surface area contributed by atoms with Crippen LogP contribution in [0.3, 0.4) is 0 Å². The van der Waals surface area contributed by atoms with Crippen LogP contribution in [-0.4, -0.2) is 31.2 Å². The molecular formula is C10H19F3N2O. The van der Waals surface area contributed by atoms with E-state index < -0.39 is 24.7 Å². The van der Waals surface area contributed by atoms with Gasteiger partial charge in [-0.3, -0.25) is 4.79 Å². The molecule has 0 radical (unpaired) electrons. The average Bonchev–Trinajstić information content (AvgIpc) is 2.07. The lowest BCUT2D eigenvalue weighted by atomic mass is 9.96. The molecule has 1 amide bonds. The SMILES string of the molecule is CC(NCC(C)(C)C)C(=O)NCC(F)(F)F. The molecule has 0 rings (SSSR count). The predicted molar refractivity (Wildman–Crippen MR) is 56.0 cm³/mol. The normalized spacial score (nSPS) is 14.7. The van der Waals surface area contributed by atoms with E-state index >= 15 is 0 Å². The van der Waals surface area contributed by atoms with Gasteiger partial charge in [0, 0.05) is 6.54 Å². The van der Waals surface area contributed by atoms with Gasteiger partial charge in [-0.1, -0.05) is 20.8 Å². The summed E-state index contributed by atoms with van der Waals surface area (Å²) in [5, 5.41) is 4.71. The van der Waals surface area contributed by atoms with Crippen molar-refractivity contribution < 1.29 is 18.0 Å². The highest BCUT2D eigenvalue weighted by Gasteiger charge is 2.28. The van der Waals surface area contributed by atoms with Gasteiger partial charge in [0.2, 0.25) is 5.91 Å². The molecular weight excluding hydrogens is 221 g/mol. The van der Waals surface area contributed by atoms with Gasteiger partial charge in [0.15, 0.2) is 0 Å². The first-order valence-electron chi connectivity index (χ1n) is 5.09. The molecule has 1 unspecified atom stereocenters. The Bertz CT molecular complexity index is 233. The van der Waals surface area contributed by atoms with Crippen molar-refractivity contribution in [2.24, 2.45) is 5.41 Å². The Hall–Kier alpha value is -0.780. The molecule has 16 heavy (non-hydrogen) atoms. The Morgan fingerprint density at radius 1 is 1.19 bits per heavy atom. The zero-order valence-corrected chi connectivity index (χ0v) is 10.0. The van der Waals surface area contributed by atoms with Crippen LogP contribution in [0.1, 0.15) is 27.7 Å². The van der Waals surface area contributed by atoms with Gasteiger partial charge in [0.1, 0.15) is 6.54 Å². The number of hydrogen-bond donors (Lipinski definition) is 2. The second-order valence-electron chi connectivity index (χ2n) is 5.00. The highest BCUT2D eigenvalue weighted by Crippen LogP contribution is 2.12. The lowest BCUT2D eigenvalue weighted by molar-refractivity contribution is -0.139. The number of carbonyl (C=O) groups is 1. The van der Waals surface area contributed by atoms with Gasteiger partial charge in [-0.25, -0.2) is 0 Å². The zero-order valence-electron chi connectivity index (χ0n) is 10.0. The largest absolute Gasteiger partial charge is 0.405 e. The highest BCUT2D eigenvalue weighted by molar-refractivity contribution is 5.81. The molecule has 3 nitrogen and oxygen atoms in total. The van der Waals surface area contributed by atoms with Crippen molar-refractivity contribution in [3.05, 3.63) is 0 Å². The quantitative estimate of drug-likeness (QED) is 0.785. The van der Waals surface area contributed by atoms with E-state index in [4.69, 9.17) is 0 Å². The van der Waals surface area contributed by atoms with Gasteiger partial charge in [-0.05, 0) is 12.3 Å². The third kappa shape index (κ3) is 8.52. The Balaban J connectivity index is 3.92. The summed E-state index contributed by atoms with van der Waals surface area (Å²) in [7, 11) is 0. The summed E-state index contributed by atoms with van der Waals surface area (Å²) in [5.74, 6) is -0.637. The van der Waals surface area contributed by atoms with Crippen molar-refractivity contribution in [3.8, 4) is 0 Å². The minimum atomic E-state index is -4.36. The zero-order chi connectivity index (χ0) is 13.0. The molecule has 0 aromatic carbocycles. The lowest BCUT2D eigenvalue weighted by Gasteiger charge is -2.22. The van der Waals surface area contributed by atoms with Crippen LogP contribution in [0.5, 0.6) is 0 Å². The summed E-state index contributed by atoms with van der Waals surface area (Å²) in [5.41, 5.74) is -0.0153. The van der Waals surface area contributed by atoms with Crippen molar-refractivity contribution in [1.29, 1.82) is 0 Å². The number of halogens is 3. The molecule has 0 aliphatic heterocycles. The second-order valence-corrected chi connectivity index (χ2v) is 5.00. The molecule has 0 aliphatic rings. The van der Waals surface area contributed by atoms with E-state index in [9.17, 15) is 18.0 Å². The molecule has 0 aromatic heterocycles. The highest BCUT2D eigenvalue weighted by atomic mass is 19.4. The molecule has 96 valence electrons. The molecule has 0 saturated heterocycles. The molecule has 0 saturated carbocycles. The first-order valence-corrected chi connectivity index (χ1v) is 5.09. The summed E-state index contributed by atoms with van der Waals surface area (Å²) in [6.07, 6.45) is -4.36. The Labute approximate surface area is 93.8 Å². The number of carbonyl (C=O) groups excluding carboxylic acids is 1. The van der Waals surface area contributed by atoms with E-state index in [2.05, 4.69) is 5.32 Å². The molecule has 0 spiro atoms. The van der Waals surface area contributed by atoms with Crippen LogP contribution in [0.25, 0.3) is 0 Å². The van der Waals surface area contributed by atoms with Crippen molar-refractivity contribution in [3.63, 3.8) is 0 Å². The summed E-state index contributed by atoms with van der Waals surface area (Å²) in [4.78, 5) is 11.2. The van der Waals surface area contributed by atoms with E-state index in [1.54, 1.807) is 0 Å². The first-order chi connectivity index (χ1) is 7.01. The molecule has 0 aliphatic carbocycles. The summed E-state index contributed by atoms with van der Waals surface area (Å²) in [6.45, 7) is 6.74. The third-order valence-electron chi connectivity index (χ3n) is 1.79. The van der Waals surface area contributed by atoms with Gasteiger partial charge in [0.05, 0.1) is 6.04 Å². The topological polar surface area (TPSA) is 41.1 Å². The standard InChI is InChI=1S/C10H19F3N2O/c1-7(14-5-9(2,3)4)8(16)15-6-10(11,12)13/h7,14H,5-6H2,1-4H3,(H,15,16). The average molecular weight is 240 g/mol. The fraction of sp³-hybridized carbons (Fsp3) is 0.900. The van der Waals surface area contributed by atoms with Gasteiger partial charge in [-0.2, -0.15) is 13.2 Å². The molecule has 0 bridgehead atoms. The molecule has 2 N–H and O–H groups in total. The number of nitrogens with one attached hydrogen (secondary N) is 2. The minimum absolute atomic E-state index is 0.0153. The van der Waals surface area contributed by atoms with Crippen molar-refractivity contribution in [2.75, 3.05) is 13.1 Å². The monoisotopic (exact) mass is 240 g/mol. The van der Waals surface area contributed by atoms with Gasteiger partial charge in [0.25, 0.3) is 0 Å². The molecule has 0 heterocycles. The van der Waals surface area contributed by atoms with Crippen LogP contribution in [0, 0.1) is 5.41 Å². The van der Waals surface area contributed by atoms with Crippen LogP contribution in [0.2, 0.25) is 0 Å². The van der Waals surface area contributed by atoms with Gasteiger partial charge >= 0.3 is 6.18 Å². The van der Waals surface area contributed by atoms with Gasteiger partial charge < -0.3 is 10.6 Å². The van der Waals surface area contributed by atoms with Crippen molar-refractivity contribution in [1.82, 2.24) is 10.6 Å². The fourth-order valence-electron chi connectivity index (χ4n) is 0.892. The maximum atomic E-state index is 11.8. The van der Waals surface area contributed by atoms with Gasteiger partial charge in [-0.15, -0.1) is 0 Å². The van der Waals surface area contributed by atoms with E-state index in [-0.39, 0.29) is 5.41 Å². The van der Waals surface area contributed by atoms with E-state index in [0.29, 0.717) is 6.54 Å².